The van der Waals surface area contributed by atoms with Crippen molar-refractivity contribution in [3.8, 4) is 0 Å². The first-order valence-electron chi connectivity index (χ1n) is 5.31. The van der Waals surface area contributed by atoms with Gasteiger partial charge in [-0.25, -0.2) is 0 Å². The molecule has 1 unspecified atom stereocenters. The molecule has 0 saturated heterocycles. The molecule has 1 N–H and O–H groups in total. The second-order valence-corrected chi connectivity index (χ2v) is 4.08. The standard InChI is InChI=1S/C12H18ClNO/c1-3-4-5-6-10(2)14-9-11-7-8-12(13)15-11/h3,7-8,10,14H,1,4-6,9H2,2H3. The van der Waals surface area contributed by atoms with Crippen molar-refractivity contribution < 1.29 is 4.42 Å². The van der Waals surface area contributed by atoms with Gasteiger partial charge in [-0.3, -0.25) is 0 Å². The van der Waals surface area contributed by atoms with Crippen molar-refractivity contribution in [2.45, 2.75) is 38.8 Å². The fourth-order valence-corrected chi connectivity index (χ4v) is 1.55. The topological polar surface area (TPSA) is 25.2 Å². The molecular weight excluding hydrogens is 210 g/mol. The quantitative estimate of drug-likeness (QED) is 0.567. The Morgan fingerprint density at radius 1 is 1.60 bits per heavy atom. The average Bonchev–Trinajstić information content (AvgIpc) is 2.62. The number of hydrogen-bond acceptors (Lipinski definition) is 2. The Hall–Kier alpha value is -0.730. The molecule has 3 heteroatoms. The molecule has 1 rings (SSSR count). The maximum atomic E-state index is 5.67. The van der Waals surface area contributed by atoms with E-state index in [1.54, 1.807) is 6.07 Å². The summed E-state index contributed by atoms with van der Waals surface area (Å²) in [6.07, 6.45) is 5.37. The van der Waals surface area contributed by atoms with Gasteiger partial charge in [-0.15, -0.1) is 6.58 Å². The van der Waals surface area contributed by atoms with Gasteiger partial charge in [-0.2, -0.15) is 0 Å². The van der Waals surface area contributed by atoms with Crippen molar-refractivity contribution in [3.05, 3.63) is 35.8 Å². The Morgan fingerprint density at radius 3 is 3.00 bits per heavy atom. The van der Waals surface area contributed by atoms with Gasteiger partial charge < -0.3 is 9.73 Å². The highest BCUT2D eigenvalue weighted by Crippen LogP contribution is 2.13. The van der Waals surface area contributed by atoms with E-state index < -0.39 is 0 Å². The molecule has 84 valence electrons. The van der Waals surface area contributed by atoms with E-state index in [2.05, 4.69) is 18.8 Å². The van der Waals surface area contributed by atoms with E-state index in [1.807, 2.05) is 12.1 Å². The van der Waals surface area contributed by atoms with Crippen molar-refractivity contribution in [1.29, 1.82) is 0 Å². The summed E-state index contributed by atoms with van der Waals surface area (Å²) in [6.45, 7) is 6.62. The number of unbranched alkanes of at least 4 members (excludes halogenated alkanes) is 1. The fourth-order valence-electron chi connectivity index (χ4n) is 1.39. The number of nitrogens with one attached hydrogen (secondary N) is 1. The maximum Gasteiger partial charge on any atom is 0.193 e. The zero-order valence-corrected chi connectivity index (χ0v) is 9.89. The Kier molecular flexibility index (Phi) is 5.51. The highest BCUT2D eigenvalue weighted by molar-refractivity contribution is 6.28. The van der Waals surface area contributed by atoms with E-state index in [4.69, 9.17) is 16.0 Å². The molecule has 1 aromatic rings. The third-order valence-corrected chi connectivity index (χ3v) is 2.50. The molecule has 0 bridgehead atoms. The van der Waals surface area contributed by atoms with Crippen LogP contribution in [0.3, 0.4) is 0 Å². The first-order valence-corrected chi connectivity index (χ1v) is 5.68. The largest absolute Gasteiger partial charge is 0.448 e. The van der Waals surface area contributed by atoms with Crippen LogP contribution in [0.4, 0.5) is 0 Å². The van der Waals surface area contributed by atoms with E-state index in [0.717, 1.165) is 25.1 Å². The third kappa shape index (κ3) is 5.05. The van der Waals surface area contributed by atoms with Crippen LogP contribution in [0.1, 0.15) is 31.9 Å². The normalized spacial score (nSPS) is 12.7. The number of allylic oxidation sites excluding steroid dienone is 1. The molecule has 1 heterocycles. The zero-order chi connectivity index (χ0) is 11.1. The summed E-state index contributed by atoms with van der Waals surface area (Å²) in [5, 5.41) is 3.83. The van der Waals surface area contributed by atoms with E-state index in [1.165, 1.54) is 6.42 Å². The Morgan fingerprint density at radius 2 is 2.40 bits per heavy atom. The van der Waals surface area contributed by atoms with Gasteiger partial charge in [0.15, 0.2) is 5.22 Å². The van der Waals surface area contributed by atoms with Crippen LogP contribution in [0.25, 0.3) is 0 Å². The number of hydrogen-bond donors (Lipinski definition) is 1. The highest BCUT2D eigenvalue weighted by Gasteiger charge is 2.03. The van der Waals surface area contributed by atoms with Crippen LogP contribution in [0.5, 0.6) is 0 Å². The van der Waals surface area contributed by atoms with E-state index >= 15 is 0 Å². The van der Waals surface area contributed by atoms with Crippen LogP contribution in [0.2, 0.25) is 5.22 Å². The van der Waals surface area contributed by atoms with Gasteiger partial charge in [0.1, 0.15) is 5.76 Å². The van der Waals surface area contributed by atoms with Gasteiger partial charge in [-0.05, 0) is 49.9 Å². The summed E-state index contributed by atoms with van der Waals surface area (Å²) in [6, 6.07) is 4.15. The lowest BCUT2D eigenvalue weighted by atomic mass is 10.1. The van der Waals surface area contributed by atoms with Gasteiger partial charge in [-0.1, -0.05) is 6.08 Å². The van der Waals surface area contributed by atoms with Crippen LogP contribution in [-0.2, 0) is 6.54 Å². The van der Waals surface area contributed by atoms with Gasteiger partial charge in [0.25, 0.3) is 0 Å². The summed E-state index contributed by atoms with van der Waals surface area (Å²) >= 11 is 5.67. The molecule has 0 aromatic carbocycles. The van der Waals surface area contributed by atoms with Crippen molar-refractivity contribution in [3.63, 3.8) is 0 Å². The first kappa shape index (κ1) is 12.3. The first-order chi connectivity index (χ1) is 7.22. The van der Waals surface area contributed by atoms with Gasteiger partial charge in [0.2, 0.25) is 0 Å². The molecule has 0 aliphatic heterocycles. The van der Waals surface area contributed by atoms with Crippen LogP contribution >= 0.6 is 11.6 Å². The van der Waals surface area contributed by atoms with Crippen LogP contribution in [0.15, 0.2) is 29.2 Å². The van der Waals surface area contributed by atoms with Gasteiger partial charge in [0, 0.05) is 6.04 Å². The molecular formula is C12H18ClNO. The number of halogens is 1. The van der Waals surface area contributed by atoms with Crippen LogP contribution in [0, 0.1) is 0 Å². The van der Waals surface area contributed by atoms with E-state index in [-0.39, 0.29) is 0 Å². The van der Waals surface area contributed by atoms with Gasteiger partial charge in [0.05, 0.1) is 6.54 Å². The minimum absolute atomic E-state index is 0.450. The zero-order valence-electron chi connectivity index (χ0n) is 9.13. The fraction of sp³-hybridized carbons (Fsp3) is 0.500. The Balaban J connectivity index is 2.16. The molecule has 0 amide bonds. The molecule has 1 atom stereocenters. The minimum atomic E-state index is 0.450. The highest BCUT2D eigenvalue weighted by atomic mass is 35.5. The third-order valence-electron chi connectivity index (χ3n) is 2.30. The maximum absolute atomic E-state index is 5.67. The number of furan rings is 1. The average molecular weight is 228 g/mol. The lowest BCUT2D eigenvalue weighted by molar-refractivity contribution is 0.439. The van der Waals surface area contributed by atoms with Crippen LogP contribution in [-0.4, -0.2) is 6.04 Å². The summed E-state index contributed by atoms with van der Waals surface area (Å²) in [5.41, 5.74) is 0. The lowest BCUT2D eigenvalue weighted by Crippen LogP contribution is -2.24. The second-order valence-electron chi connectivity index (χ2n) is 3.71. The minimum Gasteiger partial charge on any atom is -0.448 e. The molecule has 2 nitrogen and oxygen atoms in total. The molecule has 0 fully saturated rings. The summed E-state index contributed by atoms with van der Waals surface area (Å²) in [5.74, 6) is 0.885. The van der Waals surface area contributed by atoms with Crippen molar-refractivity contribution >= 4 is 11.6 Å². The SMILES string of the molecule is C=CCCCC(C)NCc1ccc(Cl)o1. The molecule has 0 aliphatic carbocycles. The lowest BCUT2D eigenvalue weighted by Gasteiger charge is -2.11. The Labute approximate surface area is 96.3 Å². The monoisotopic (exact) mass is 227 g/mol. The number of rotatable bonds is 7. The van der Waals surface area contributed by atoms with E-state index in [9.17, 15) is 0 Å². The summed E-state index contributed by atoms with van der Waals surface area (Å²) in [4.78, 5) is 0. The Bertz CT molecular complexity index is 296. The predicted octanol–water partition coefficient (Wildman–Crippen LogP) is 3.77. The van der Waals surface area contributed by atoms with Crippen molar-refractivity contribution in [2.24, 2.45) is 0 Å². The molecule has 15 heavy (non-hydrogen) atoms. The van der Waals surface area contributed by atoms with Crippen molar-refractivity contribution in [1.82, 2.24) is 5.32 Å². The molecule has 0 radical (unpaired) electrons. The summed E-state index contributed by atoms with van der Waals surface area (Å²) < 4.78 is 5.25. The molecule has 0 aliphatic rings. The molecule has 1 aromatic heterocycles. The van der Waals surface area contributed by atoms with Crippen molar-refractivity contribution in [2.75, 3.05) is 0 Å². The summed E-state index contributed by atoms with van der Waals surface area (Å²) in [7, 11) is 0. The van der Waals surface area contributed by atoms with E-state index in [0.29, 0.717) is 11.3 Å². The smallest absolute Gasteiger partial charge is 0.193 e. The second kappa shape index (κ2) is 6.70. The van der Waals surface area contributed by atoms with Gasteiger partial charge >= 0.3 is 0 Å². The predicted molar refractivity (Wildman–Crippen MR) is 64.1 cm³/mol. The molecule has 0 spiro atoms. The molecule has 0 saturated carbocycles. The van der Waals surface area contributed by atoms with Crippen LogP contribution < -0.4 is 5.32 Å².